The average Bonchev–Trinajstić information content (AvgIpc) is 2.44. The number of allylic oxidation sites excluding steroid dienone is 3. The third-order valence-corrected chi connectivity index (χ3v) is 3.01. The Balaban J connectivity index is 2.13. The SMILES string of the molecule is CC1=CC(=O)[C@@H](C(=O)/C=C\c2ccc(C(=O)O)cc2)C(=O)O1. The average molecular weight is 300 g/mol. The van der Waals surface area contributed by atoms with Crippen molar-refractivity contribution in [1.29, 1.82) is 0 Å². The third kappa shape index (κ3) is 3.35. The molecule has 0 unspecified atom stereocenters. The second-order valence-corrected chi connectivity index (χ2v) is 4.67. The molecule has 112 valence electrons. The number of ketones is 2. The molecular formula is C16H12O6. The Labute approximate surface area is 125 Å². The molecule has 1 atom stereocenters. The molecule has 0 radical (unpaired) electrons. The topological polar surface area (TPSA) is 97.7 Å². The van der Waals surface area contributed by atoms with Gasteiger partial charge >= 0.3 is 11.9 Å². The first-order valence-electron chi connectivity index (χ1n) is 6.37. The van der Waals surface area contributed by atoms with Crippen molar-refractivity contribution in [3.05, 3.63) is 53.3 Å². The number of cyclic esters (lactones) is 1. The molecule has 0 fully saturated rings. The van der Waals surface area contributed by atoms with Gasteiger partial charge in [-0.2, -0.15) is 0 Å². The molecule has 6 nitrogen and oxygen atoms in total. The number of rotatable bonds is 4. The highest BCUT2D eigenvalue weighted by atomic mass is 16.5. The molecule has 6 heteroatoms. The summed E-state index contributed by atoms with van der Waals surface area (Å²) in [6.07, 6.45) is 3.62. The van der Waals surface area contributed by atoms with E-state index in [1.54, 1.807) is 0 Å². The lowest BCUT2D eigenvalue weighted by Gasteiger charge is -2.15. The minimum atomic E-state index is -1.47. The van der Waals surface area contributed by atoms with Crippen LogP contribution in [0.1, 0.15) is 22.8 Å². The van der Waals surface area contributed by atoms with E-state index in [9.17, 15) is 19.2 Å². The first-order chi connectivity index (χ1) is 10.4. The number of benzene rings is 1. The zero-order valence-electron chi connectivity index (χ0n) is 11.6. The van der Waals surface area contributed by atoms with Crippen LogP contribution < -0.4 is 0 Å². The van der Waals surface area contributed by atoms with Gasteiger partial charge in [-0.05, 0) is 30.7 Å². The van der Waals surface area contributed by atoms with Crippen LogP contribution in [0.3, 0.4) is 0 Å². The first-order valence-corrected chi connectivity index (χ1v) is 6.37. The number of carbonyl (C=O) groups excluding carboxylic acids is 3. The van der Waals surface area contributed by atoms with Gasteiger partial charge in [-0.25, -0.2) is 4.79 Å². The number of aromatic carboxylic acids is 1. The Hall–Kier alpha value is -3.02. The molecule has 1 aliphatic heterocycles. The van der Waals surface area contributed by atoms with Gasteiger partial charge in [-0.15, -0.1) is 0 Å². The van der Waals surface area contributed by atoms with Gasteiger partial charge < -0.3 is 9.84 Å². The minimum absolute atomic E-state index is 0.120. The number of carbonyl (C=O) groups is 4. The van der Waals surface area contributed by atoms with Gasteiger partial charge in [0, 0.05) is 6.08 Å². The van der Waals surface area contributed by atoms with E-state index in [4.69, 9.17) is 9.84 Å². The van der Waals surface area contributed by atoms with E-state index in [1.165, 1.54) is 37.3 Å². The maximum atomic E-state index is 11.9. The highest BCUT2D eigenvalue weighted by Gasteiger charge is 2.36. The summed E-state index contributed by atoms with van der Waals surface area (Å²) in [7, 11) is 0. The summed E-state index contributed by atoms with van der Waals surface area (Å²) in [5, 5.41) is 8.78. The number of hydrogen-bond acceptors (Lipinski definition) is 5. The Morgan fingerprint density at radius 3 is 2.36 bits per heavy atom. The van der Waals surface area contributed by atoms with E-state index in [-0.39, 0.29) is 11.3 Å². The number of carboxylic acids is 1. The fraction of sp³-hybridized carbons (Fsp3) is 0.125. The maximum Gasteiger partial charge on any atom is 0.335 e. The predicted octanol–water partition coefficient (Wildman–Crippen LogP) is 1.61. The van der Waals surface area contributed by atoms with Gasteiger partial charge in [0.15, 0.2) is 17.5 Å². The summed E-state index contributed by atoms with van der Waals surface area (Å²) < 4.78 is 4.77. The maximum absolute atomic E-state index is 11.9. The van der Waals surface area contributed by atoms with Crippen LogP contribution in [0, 0.1) is 5.92 Å². The minimum Gasteiger partial charge on any atom is -0.478 e. The van der Waals surface area contributed by atoms with Crippen LogP contribution in [0.5, 0.6) is 0 Å². The van der Waals surface area contributed by atoms with Gasteiger partial charge in [0.25, 0.3) is 0 Å². The smallest absolute Gasteiger partial charge is 0.335 e. The van der Waals surface area contributed by atoms with Crippen molar-refractivity contribution < 1.29 is 29.0 Å². The summed E-state index contributed by atoms with van der Waals surface area (Å²) in [4.78, 5) is 45.9. The molecule has 0 spiro atoms. The van der Waals surface area contributed by atoms with Crippen molar-refractivity contribution in [2.24, 2.45) is 5.92 Å². The molecule has 22 heavy (non-hydrogen) atoms. The fourth-order valence-electron chi connectivity index (χ4n) is 1.91. The first kappa shape index (κ1) is 15.4. The van der Waals surface area contributed by atoms with E-state index < -0.39 is 29.4 Å². The summed E-state index contributed by atoms with van der Waals surface area (Å²) in [6, 6.07) is 5.80. The summed E-state index contributed by atoms with van der Waals surface area (Å²) in [6.45, 7) is 1.45. The molecule has 0 amide bonds. The standard InChI is InChI=1S/C16H12O6/c1-9-8-13(18)14(16(21)22-9)12(17)7-4-10-2-5-11(6-3-10)15(19)20/h2-8,14H,1H3,(H,19,20)/b7-4-/t14-/m1/s1. The predicted molar refractivity (Wildman–Crippen MR) is 75.8 cm³/mol. The zero-order valence-corrected chi connectivity index (χ0v) is 11.6. The second kappa shape index (κ2) is 6.17. The lowest BCUT2D eigenvalue weighted by atomic mass is 9.96. The normalized spacial score (nSPS) is 18.0. The fourth-order valence-corrected chi connectivity index (χ4v) is 1.91. The van der Waals surface area contributed by atoms with E-state index >= 15 is 0 Å². The highest BCUT2D eigenvalue weighted by Crippen LogP contribution is 2.16. The monoisotopic (exact) mass is 300 g/mol. The number of carboxylic acid groups (broad SMARTS) is 1. The van der Waals surface area contributed by atoms with Gasteiger partial charge in [-0.3, -0.25) is 14.4 Å². The lowest BCUT2D eigenvalue weighted by molar-refractivity contribution is -0.151. The van der Waals surface area contributed by atoms with Crippen molar-refractivity contribution in [2.75, 3.05) is 0 Å². The Bertz CT molecular complexity index is 709. The van der Waals surface area contributed by atoms with Crippen molar-refractivity contribution in [2.45, 2.75) is 6.92 Å². The Morgan fingerprint density at radius 1 is 1.18 bits per heavy atom. The molecule has 0 aliphatic carbocycles. The van der Waals surface area contributed by atoms with Crippen LogP contribution >= 0.6 is 0 Å². The highest BCUT2D eigenvalue weighted by molar-refractivity contribution is 6.25. The largest absolute Gasteiger partial charge is 0.478 e. The zero-order chi connectivity index (χ0) is 16.3. The quantitative estimate of drug-likeness (QED) is 0.515. The van der Waals surface area contributed by atoms with Gasteiger partial charge in [0.05, 0.1) is 5.56 Å². The molecule has 1 aliphatic rings. The summed E-state index contributed by atoms with van der Waals surface area (Å²) >= 11 is 0. The van der Waals surface area contributed by atoms with Crippen LogP contribution in [0.2, 0.25) is 0 Å². The summed E-state index contributed by atoms with van der Waals surface area (Å²) in [5.41, 5.74) is 0.692. The lowest BCUT2D eigenvalue weighted by Crippen LogP contribution is -2.34. The van der Waals surface area contributed by atoms with Crippen LogP contribution in [-0.2, 0) is 19.1 Å². The van der Waals surface area contributed by atoms with Crippen LogP contribution in [0.25, 0.3) is 6.08 Å². The van der Waals surface area contributed by atoms with Crippen LogP contribution in [0.15, 0.2) is 42.2 Å². The number of esters is 1. The van der Waals surface area contributed by atoms with Crippen LogP contribution in [0.4, 0.5) is 0 Å². The Kier molecular flexibility index (Phi) is 4.31. The summed E-state index contributed by atoms with van der Waals surface area (Å²) in [5.74, 6) is -4.54. The molecule has 0 bridgehead atoms. The second-order valence-electron chi connectivity index (χ2n) is 4.67. The van der Waals surface area contributed by atoms with Gasteiger partial charge in [-0.1, -0.05) is 18.2 Å². The van der Waals surface area contributed by atoms with Crippen molar-refractivity contribution in [1.82, 2.24) is 0 Å². The number of ether oxygens (including phenoxy) is 1. The molecule has 2 rings (SSSR count). The molecule has 1 N–H and O–H groups in total. The van der Waals surface area contributed by atoms with E-state index in [0.717, 1.165) is 12.2 Å². The number of hydrogen-bond donors (Lipinski definition) is 1. The third-order valence-electron chi connectivity index (χ3n) is 3.01. The van der Waals surface area contributed by atoms with Crippen molar-refractivity contribution >= 4 is 29.6 Å². The molecular weight excluding hydrogens is 288 g/mol. The van der Waals surface area contributed by atoms with Gasteiger partial charge in [0.1, 0.15) is 5.76 Å². The van der Waals surface area contributed by atoms with Crippen molar-refractivity contribution in [3.8, 4) is 0 Å². The van der Waals surface area contributed by atoms with E-state index in [2.05, 4.69) is 0 Å². The molecule has 1 aromatic carbocycles. The van der Waals surface area contributed by atoms with Crippen molar-refractivity contribution in [3.63, 3.8) is 0 Å². The Morgan fingerprint density at radius 2 is 1.82 bits per heavy atom. The van der Waals surface area contributed by atoms with E-state index in [1.807, 2.05) is 0 Å². The molecule has 1 heterocycles. The molecule has 0 saturated carbocycles. The van der Waals surface area contributed by atoms with E-state index in [0.29, 0.717) is 5.56 Å². The van der Waals surface area contributed by atoms with Crippen LogP contribution in [-0.4, -0.2) is 28.6 Å². The van der Waals surface area contributed by atoms with Gasteiger partial charge in [0.2, 0.25) is 0 Å². The molecule has 0 aromatic heterocycles. The molecule has 0 saturated heterocycles. The molecule has 1 aromatic rings.